The van der Waals surface area contributed by atoms with Crippen molar-refractivity contribution in [2.45, 2.75) is 64.1 Å². The molecule has 2 nitrogen and oxygen atoms in total. The molecule has 0 aromatic heterocycles. The highest BCUT2D eigenvalue weighted by atomic mass is 32.2. The Morgan fingerprint density at radius 3 is 2.39 bits per heavy atom. The molecule has 18 heavy (non-hydrogen) atoms. The van der Waals surface area contributed by atoms with Crippen LogP contribution >= 0.6 is 11.8 Å². The maximum atomic E-state index is 3.44. The highest BCUT2D eigenvalue weighted by molar-refractivity contribution is 7.99. The highest BCUT2D eigenvalue weighted by Crippen LogP contribution is 2.39. The van der Waals surface area contributed by atoms with Crippen LogP contribution in [0.4, 0.5) is 0 Å². The van der Waals surface area contributed by atoms with E-state index in [1.165, 1.54) is 43.6 Å². The van der Waals surface area contributed by atoms with Gasteiger partial charge in [-0.15, -0.1) is 0 Å². The number of thioether (sulfide) groups is 1. The van der Waals surface area contributed by atoms with Gasteiger partial charge in [0.1, 0.15) is 0 Å². The van der Waals surface area contributed by atoms with Gasteiger partial charge in [-0.25, -0.2) is 0 Å². The highest BCUT2D eigenvalue weighted by Gasteiger charge is 2.38. The normalized spacial score (nSPS) is 36.8. The van der Waals surface area contributed by atoms with Crippen molar-refractivity contribution < 1.29 is 0 Å². The van der Waals surface area contributed by atoms with Crippen molar-refractivity contribution in [1.29, 1.82) is 0 Å². The SMILES string of the molecule is CNC1CCC(N(C)C2CSCCC2(C)C)CC1. The average molecular weight is 270 g/mol. The largest absolute Gasteiger partial charge is 0.317 e. The number of hydrogen-bond donors (Lipinski definition) is 1. The lowest BCUT2D eigenvalue weighted by molar-refractivity contribution is 0.0623. The minimum absolute atomic E-state index is 0.500. The Bertz CT molecular complexity index is 259. The van der Waals surface area contributed by atoms with Gasteiger partial charge in [-0.05, 0) is 57.4 Å². The van der Waals surface area contributed by atoms with Crippen molar-refractivity contribution >= 4 is 11.8 Å². The molecule has 0 amide bonds. The second kappa shape index (κ2) is 6.15. The van der Waals surface area contributed by atoms with Crippen LogP contribution in [-0.4, -0.2) is 48.6 Å². The van der Waals surface area contributed by atoms with Crippen LogP contribution in [-0.2, 0) is 0 Å². The van der Waals surface area contributed by atoms with E-state index in [1.54, 1.807) is 0 Å². The molecule has 106 valence electrons. The third-order valence-corrected chi connectivity index (χ3v) is 6.29. The lowest BCUT2D eigenvalue weighted by Crippen LogP contribution is -2.53. The molecule has 2 aliphatic rings. The summed E-state index contributed by atoms with van der Waals surface area (Å²) < 4.78 is 0. The summed E-state index contributed by atoms with van der Waals surface area (Å²) in [5, 5.41) is 3.44. The summed E-state index contributed by atoms with van der Waals surface area (Å²) in [7, 11) is 4.48. The summed E-state index contributed by atoms with van der Waals surface area (Å²) in [6.45, 7) is 4.93. The Kier molecular flexibility index (Phi) is 5.01. The maximum Gasteiger partial charge on any atom is 0.0237 e. The number of hydrogen-bond acceptors (Lipinski definition) is 3. The monoisotopic (exact) mass is 270 g/mol. The van der Waals surface area contributed by atoms with E-state index in [0.29, 0.717) is 5.41 Å². The Morgan fingerprint density at radius 1 is 1.17 bits per heavy atom. The summed E-state index contributed by atoms with van der Waals surface area (Å²) in [5.74, 6) is 2.68. The third kappa shape index (κ3) is 3.23. The molecule has 1 N–H and O–H groups in total. The Hall–Kier alpha value is 0.270. The van der Waals surface area contributed by atoms with Gasteiger partial charge in [0.2, 0.25) is 0 Å². The molecular formula is C15H30N2S. The van der Waals surface area contributed by atoms with E-state index < -0.39 is 0 Å². The molecule has 1 heterocycles. The second-order valence-corrected chi connectivity index (χ2v) is 7.94. The minimum atomic E-state index is 0.500. The molecule has 1 saturated carbocycles. The predicted molar refractivity (Wildman–Crippen MR) is 82.4 cm³/mol. The van der Waals surface area contributed by atoms with Crippen molar-refractivity contribution in [3.05, 3.63) is 0 Å². The minimum Gasteiger partial charge on any atom is -0.317 e. The fourth-order valence-electron chi connectivity index (χ4n) is 3.62. The molecule has 2 fully saturated rings. The van der Waals surface area contributed by atoms with Crippen LogP contribution in [0, 0.1) is 5.41 Å². The van der Waals surface area contributed by atoms with Crippen LogP contribution < -0.4 is 5.32 Å². The first kappa shape index (κ1) is 14.7. The van der Waals surface area contributed by atoms with Gasteiger partial charge in [0.15, 0.2) is 0 Å². The summed E-state index contributed by atoms with van der Waals surface area (Å²) >= 11 is 2.15. The van der Waals surface area contributed by atoms with E-state index in [1.807, 2.05) is 0 Å². The number of rotatable bonds is 3. The van der Waals surface area contributed by atoms with Crippen molar-refractivity contribution in [3.8, 4) is 0 Å². The fourth-order valence-corrected chi connectivity index (χ4v) is 5.36. The van der Waals surface area contributed by atoms with E-state index >= 15 is 0 Å². The van der Waals surface area contributed by atoms with Crippen LogP contribution in [0.15, 0.2) is 0 Å². The lowest BCUT2D eigenvalue weighted by atomic mass is 9.79. The van der Waals surface area contributed by atoms with E-state index in [0.717, 1.165) is 18.1 Å². The topological polar surface area (TPSA) is 15.3 Å². The molecule has 0 radical (unpaired) electrons. The zero-order valence-electron chi connectivity index (χ0n) is 12.5. The van der Waals surface area contributed by atoms with Crippen LogP contribution in [0.2, 0.25) is 0 Å². The third-order valence-electron chi connectivity index (χ3n) is 5.24. The Morgan fingerprint density at radius 2 is 1.83 bits per heavy atom. The van der Waals surface area contributed by atoms with Gasteiger partial charge >= 0.3 is 0 Å². The molecule has 0 aromatic carbocycles. The molecule has 1 aliphatic heterocycles. The Labute approximate surface area is 117 Å². The quantitative estimate of drug-likeness (QED) is 0.849. The summed E-state index contributed by atoms with van der Waals surface area (Å²) in [4.78, 5) is 2.72. The van der Waals surface area contributed by atoms with Crippen molar-refractivity contribution in [2.24, 2.45) is 5.41 Å². The molecule has 2 rings (SSSR count). The molecule has 1 unspecified atom stereocenters. The smallest absolute Gasteiger partial charge is 0.0237 e. The van der Waals surface area contributed by atoms with Crippen LogP contribution in [0.1, 0.15) is 46.0 Å². The van der Waals surface area contributed by atoms with E-state index in [4.69, 9.17) is 0 Å². The summed E-state index contributed by atoms with van der Waals surface area (Å²) in [6, 6.07) is 2.35. The number of nitrogens with zero attached hydrogens (tertiary/aromatic N) is 1. The van der Waals surface area contributed by atoms with Gasteiger partial charge in [0, 0.05) is 23.9 Å². The fraction of sp³-hybridized carbons (Fsp3) is 1.00. The molecule has 0 spiro atoms. The van der Waals surface area contributed by atoms with Gasteiger partial charge in [-0.2, -0.15) is 11.8 Å². The standard InChI is InChI=1S/C15H30N2S/c1-15(2)9-10-18-11-14(15)17(4)13-7-5-12(16-3)6-8-13/h12-14,16H,5-11H2,1-4H3. The zero-order valence-corrected chi connectivity index (χ0v) is 13.4. The average Bonchev–Trinajstić information content (AvgIpc) is 2.37. The van der Waals surface area contributed by atoms with E-state index in [2.05, 4.69) is 49.9 Å². The number of nitrogens with one attached hydrogen (secondary N) is 1. The van der Waals surface area contributed by atoms with Gasteiger partial charge in [0.25, 0.3) is 0 Å². The van der Waals surface area contributed by atoms with Gasteiger partial charge in [-0.3, -0.25) is 4.90 Å². The first-order valence-corrected chi connectivity index (χ1v) is 8.67. The van der Waals surface area contributed by atoms with Crippen LogP contribution in [0.5, 0.6) is 0 Å². The Balaban J connectivity index is 1.92. The van der Waals surface area contributed by atoms with Crippen molar-refractivity contribution in [3.63, 3.8) is 0 Å². The summed E-state index contributed by atoms with van der Waals surface area (Å²) in [5.41, 5.74) is 0.500. The van der Waals surface area contributed by atoms with E-state index in [-0.39, 0.29) is 0 Å². The first-order valence-electron chi connectivity index (χ1n) is 7.51. The molecule has 0 aromatic rings. The lowest BCUT2D eigenvalue weighted by Gasteiger charge is -2.48. The molecule has 1 atom stereocenters. The molecule has 0 bridgehead atoms. The molecule has 3 heteroatoms. The zero-order chi connectivity index (χ0) is 13.2. The van der Waals surface area contributed by atoms with Gasteiger partial charge < -0.3 is 5.32 Å². The molecular weight excluding hydrogens is 240 g/mol. The van der Waals surface area contributed by atoms with Crippen LogP contribution in [0.3, 0.4) is 0 Å². The first-order chi connectivity index (χ1) is 8.54. The second-order valence-electron chi connectivity index (χ2n) is 6.79. The van der Waals surface area contributed by atoms with Crippen molar-refractivity contribution in [1.82, 2.24) is 10.2 Å². The van der Waals surface area contributed by atoms with Crippen LogP contribution in [0.25, 0.3) is 0 Å². The molecule has 1 aliphatic carbocycles. The maximum absolute atomic E-state index is 3.44. The van der Waals surface area contributed by atoms with Gasteiger partial charge in [-0.1, -0.05) is 13.8 Å². The predicted octanol–water partition coefficient (Wildman–Crippen LogP) is 2.98. The van der Waals surface area contributed by atoms with E-state index in [9.17, 15) is 0 Å². The summed E-state index contributed by atoms with van der Waals surface area (Å²) in [6.07, 6.45) is 6.83. The van der Waals surface area contributed by atoms with Crippen molar-refractivity contribution in [2.75, 3.05) is 25.6 Å². The molecule has 1 saturated heterocycles. The van der Waals surface area contributed by atoms with Gasteiger partial charge in [0.05, 0.1) is 0 Å².